The first kappa shape index (κ1) is 16.0. The van der Waals surface area contributed by atoms with E-state index in [9.17, 15) is 14.9 Å². The first-order valence-corrected chi connectivity index (χ1v) is 7.83. The molecular formula is C16H19N5O3. The summed E-state index contributed by atoms with van der Waals surface area (Å²) in [5.41, 5.74) is 0.821. The van der Waals surface area contributed by atoms with Crippen molar-refractivity contribution in [1.82, 2.24) is 14.9 Å². The van der Waals surface area contributed by atoms with E-state index in [0.717, 1.165) is 25.9 Å². The highest BCUT2D eigenvalue weighted by molar-refractivity contribution is 5.95. The smallest absolute Gasteiger partial charge is 0.293 e. The van der Waals surface area contributed by atoms with Crippen molar-refractivity contribution in [2.75, 3.05) is 18.5 Å². The Kier molecular flexibility index (Phi) is 4.45. The van der Waals surface area contributed by atoms with Crippen molar-refractivity contribution < 1.29 is 9.72 Å². The average molecular weight is 329 g/mol. The number of carbonyl (C=O) groups excluding carboxylic acids is 1. The van der Waals surface area contributed by atoms with Crippen molar-refractivity contribution in [2.24, 2.45) is 0 Å². The summed E-state index contributed by atoms with van der Waals surface area (Å²) in [5.74, 6) is -0.332. The fourth-order valence-electron chi connectivity index (χ4n) is 3.18. The molecule has 1 fully saturated rings. The standard InChI is InChI=1S/C16H19N5O3/c1-17-16(22)12-4-5-14(15(9-12)21(23)24)20-7-2-3-13(20)10-19-8-6-18-11-19/h4-6,8-9,11,13H,2-3,7,10H2,1H3,(H,17,22). The molecule has 1 unspecified atom stereocenters. The van der Waals surface area contributed by atoms with Gasteiger partial charge in [0, 0.05) is 50.2 Å². The van der Waals surface area contributed by atoms with Crippen molar-refractivity contribution in [1.29, 1.82) is 0 Å². The second kappa shape index (κ2) is 6.69. The number of imidazole rings is 1. The van der Waals surface area contributed by atoms with E-state index in [1.54, 1.807) is 24.7 Å². The highest BCUT2D eigenvalue weighted by atomic mass is 16.6. The number of nitro benzene ring substituents is 1. The van der Waals surface area contributed by atoms with E-state index in [1.807, 2.05) is 10.8 Å². The Morgan fingerprint density at radius 3 is 3.00 bits per heavy atom. The van der Waals surface area contributed by atoms with Gasteiger partial charge in [-0.05, 0) is 25.0 Å². The number of carbonyl (C=O) groups is 1. The molecule has 1 aliphatic rings. The molecule has 126 valence electrons. The summed E-state index contributed by atoms with van der Waals surface area (Å²) in [7, 11) is 1.50. The third kappa shape index (κ3) is 3.08. The summed E-state index contributed by atoms with van der Waals surface area (Å²) in [6.45, 7) is 1.49. The monoisotopic (exact) mass is 329 g/mol. The van der Waals surface area contributed by atoms with Crippen LogP contribution in [0, 0.1) is 10.1 Å². The quantitative estimate of drug-likeness (QED) is 0.667. The van der Waals surface area contributed by atoms with Crippen molar-refractivity contribution >= 4 is 17.3 Å². The molecule has 0 spiro atoms. The second-order valence-corrected chi connectivity index (χ2v) is 5.79. The molecule has 1 atom stereocenters. The van der Waals surface area contributed by atoms with Crippen molar-refractivity contribution in [2.45, 2.75) is 25.4 Å². The van der Waals surface area contributed by atoms with Crippen molar-refractivity contribution in [3.8, 4) is 0 Å². The van der Waals surface area contributed by atoms with E-state index < -0.39 is 4.92 Å². The molecule has 1 aromatic heterocycles. The summed E-state index contributed by atoms with van der Waals surface area (Å²) in [6, 6.07) is 4.83. The van der Waals surface area contributed by atoms with E-state index in [1.165, 1.54) is 13.1 Å². The van der Waals surface area contributed by atoms with Crippen LogP contribution in [0.1, 0.15) is 23.2 Å². The van der Waals surface area contributed by atoms with Gasteiger partial charge in [-0.25, -0.2) is 4.98 Å². The predicted molar refractivity (Wildman–Crippen MR) is 89.1 cm³/mol. The Morgan fingerprint density at radius 2 is 2.33 bits per heavy atom. The Morgan fingerprint density at radius 1 is 1.50 bits per heavy atom. The molecule has 1 amide bonds. The van der Waals surface area contributed by atoms with E-state index in [0.29, 0.717) is 11.3 Å². The summed E-state index contributed by atoms with van der Waals surface area (Å²) >= 11 is 0. The lowest BCUT2D eigenvalue weighted by atomic mass is 10.1. The van der Waals surface area contributed by atoms with Gasteiger partial charge in [0.05, 0.1) is 11.3 Å². The molecule has 8 nitrogen and oxygen atoms in total. The molecule has 3 rings (SSSR count). The average Bonchev–Trinajstić information content (AvgIpc) is 3.26. The Bertz CT molecular complexity index is 744. The summed E-state index contributed by atoms with van der Waals surface area (Å²) in [4.78, 5) is 28.9. The molecule has 1 N–H and O–H groups in total. The Labute approximate surface area is 139 Å². The maximum absolute atomic E-state index is 11.7. The van der Waals surface area contributed by atoms with Crippen molar-refractivity contribution in [3.63, 3.8) is 0 Å². The van der Waals surface area contributed by atoms with Crippen LogP contribution < -0.4 is 10.2 Å². The topological polar surface area (TPSA) is 93.3 Å². The highest BCUT2D eigenvalue weighted by Gasteiger charge is 2.30. The first-order chi connectivity index (χ1) is 11.6. The first-order valence-electron chi connectivity index (χ1n) is 7.83. The number of nitrogens with one attached hydrogen (secondary N) is 1. The van der Waals surface area contributed by atoms with Crippen LogP contribution in [0.3, 0.4) is 0 Å². The number of nitrogens with zero attached hydrogens (tertiary/aromatic N) is 4. The van der Waals surface area contributed by atoms with Crippen LogP contribution in [0.15, 0.2) is 36.9 Å². The van der Waals surface area contributed by atoms with E-state index >= 15 is 0 Å². The minimum absolute atomic E-state index is 0.0337. The van der Waals surface area contributed by atoms with E-state index in [4.69, 9.17) is 0 Å². The van der Waals surface area contributed by atoms with Gasteiger partial charge in [0.15, 0.2) is 0 Å². The molecule has 0 bridgehead atoms. The maximum atomic E-state index is 11.7. The highest BCUT2D eigenvalue weighted by Crippen LogP contribution is 2.34. The van der Waals surface area contributed by atoms with Crippen LogP contribution in [0.5, 0.6) is 0 Å². The Hall–Kier alpha value is -2.90. The summed E-state index contributed by atoms with van der Waals surface area (Å²) in [5, 5.41) is 14.0. The molecule has 1 aromatic carbocycles. The number of benzene rings is 1. The van der Waals surface area contributed by atoms with Gasteiger partial charge in [-0.1, -0.05) is 0 Å². The molecule has 2 heterocycles. The molecule has 0 saturated carbocycles. The van der Waals surface area contributed by atoms with E-state index in [2.05, 4.69) is 15.2 Å². The van der Waals surface area contributed by atoms with Gasteiger partial charge < -0.3 is 14.8 Å². The van der Waals surface area contributed by atoms with E-state index in [-0.39, 0.29) is 17.6 Å². The fourth-order valence-corrected chi connectivity index (χ4v) is 3.18. The minimum Gasteiger partial charge on any atom is -0.361 e. The number of hydrogen-bond acceptors (Lipinski definition) is 5. The second-order valence-electron chi connectivity index (χ2n) is 5.79. The van der Waals surface area contributed by atoms with Gasteiger partial charge in [0.25, 0.3) is 11.6 Å². The molecule has 8 heteroatoms. The summed E-state index contributed by atoms with van der Waals surface area (Å²) < 4.78 is 1.98. The minimum atomic E-state index is -0.422. The number of nitro groups is 1. The lowest BCUT2D eigenvalue weighted by molar-refractivity contribution is -0.384. The van der Waals surface area contributed by atoms with Gasteiger partial charge in [-0.3, -0.25) is 14.9 Å². The molecule has 1 saturated heterocycles. The number of amides is 1. The molecule has 24 heavy (non-hydrogen) atoms. The maximum Gasteiger partial charge on any atom is 0.293 e. The van der Waals surface area contributed by atoms with Crippen LogP contribution in [0.25, 0.3) is 0 Å². The largest absolute Gasteiger partial charge is 0.361 e. The number of aromatic nitrogens is 2. The number of rotatable bonds is 5. The van der Waals surface area contributed by atoms with Gasteiger partial charge >= 0.3 is 0 Å². The third-order valence-electron chi connectivity index (χ3n) is 4.33. The lowest BCUT2D eigenvalue weighted by Crippen LogP contribution is -2.33. The van der Waals surface area contributed by atoms with Crippen LogP contribution in [-0.4, -0.2) is 40.0 Å². The van der Waals surface area contributed by atoms with Crippen molar-refractivity contribution in [3.05, 3.63) is 52.6 Å². The van der Waals surface area contributed by atoms with Gasteiger partial charge in [-0.2, -0.15) is 0 Å². The van der Waals surface area contributed by atoms with Crippen LogP contribution in [-0.2, 0) is 6.54 Å². The van der Waals surface area contributed by atoms with Crippen LogP contribution in [0.4, 0.5) is 11.4 Å². The fraction of sp³-hybridized carbons (Fsp3) is 0.375. The number of anilines is 1. The Balaban J connectivity index is 1.92. The van der Waals surface area contributed by atoms with Gasteiger partial charge in [-0.15, -0.1) is 0 Å². The molecular weight excluding hydrogens is 310 g/mol. The molecule has 0 radical (unpaired) electrons. The molecule has 1 aliphatic heterocycles. The van der Waals surface area contributed by atoms with Gasteiger partial charge in [0.2, 0.25) is 0 Å². The van der Waals surface area contributed by atoms with Crippen LogP contribution >= 0.6 is 0 Å². The molecule has 2 aromatic rings. The zero-order valence-electron chi connectivity index (χ0n) is 13.4. The number of hydrogen-bond donors (Lipinski definition) is 1. The predicted octanol–water partition coefficient (Wildman–Crippen LogP) is 1.82. The third-order valence-corrected chi connectivity index (χ3v) is 4.33. The SMILES string of the molecule is CNC(=O)c1ccc(N2CCCC2Cn2ccnc2)c([N+](=O)[O-])c1. The normalized spacial score (nSPS) is 17.0. The lowest BCUT2D eigenvalue weighted by Gasteiger charge is -2.27. The zero-order chi connectivity index (χ0) is 17.1. The molecule has 0 aliphatic carbocycles. The summed E-state index contributed by atoms with van der Waals surface area (Å²) in [6.07, 6.45) is 7.30. The zero-order valence-corrected chi connectivity index (χ0v) is 13.4. The van der Waals surface area contributed by atoms with Crippen LogP contribution in [0.2, 0.25) is 0 Å². The van der Waals surface area contributed by atoms with Gasteiger partial charge in [0.1, 0.15) is 5.69 Å².